The number of hydrogen-bond donors (Lipinski definition) is 2. The minimum absolute atomic E-state index is 0.0728. The fourth-order valence-electron chi connectivity index (χ4n) is 2.74. The Bertz CT molecular complexity index is 926. The number of nitrogens with zero attached hydrogens (tertiary/aromatic N) is 1. The average Bonchev–Trinajstić information content (AvgIpc) is 3.38. The molecule has 3 aromatic rings. The number of benzene rings is 2. The quantitative estimate of drug-likeness (QED) is 0.732. The molecule has 26 heavy (non-hydrogen) atoms. The molecule has 0 unspecified atom stereocenters. The summed E-state index contributed by atoms with van der Waals surface area (Å²) >= 11 is 0. The lowest BCUT2D eigenvalue weighted by Gasteiger charge is -2.09. The fraction of sp³-hybridized carbons (Fsp3) is 0.143. The van der Waals surface area contributed by atoms with Crippen LogP contribution in [0.1, 0.15) is 23.2 Å². The van der Waals surface area contributed by atoms with Gasteiger partial charge in [0.1, 0.15) is 0 Å². The highest BCUT2D eigenvalue weighted by Gasteiger charge is 2.29. The van der Waals surface area contributed by atoms with Crippen LogP contribution in [0.4, 0.5) is 11.4 Å². The number of carbonyl (C=O) groups excluding carboxylic acids is 2. The number of nitrogens with one attached hydrogen (secondary N) is 2. The maximum atomic E-state index is 12.5. The predicted molar refractivity (Wildman–Crippen MR) is 102 cm³/mol. The van der Waals surface area contributed by atoms with Gasteiger partial charge in [-0.05, 0) is 67.4 Å². The van der Waals surface area contributed by atoms with Crippen molar-refractivity contribution in [3.63, 3.8) is 0 Å². The minimum atomic E-state index is -0.172. The van der Waals surface area contributed by atoms with E-state index in [1.54, 1.807) is 30.3 Å². The Kier molecular flexibility index (Phi) is 4.27. The van der Waals surface area contributed by atoms with E-state index >= 15 is 0 Å². The predicted octanol–water partition coefficient (Wildman–Crippen LogP) is 4.08. The summed E-state index contributed by atoms with van der Waals surface area (Å²) in [6, 6.07) is 18.5. The van der Waals surface area contributed by atoms with Gasteiger partial charge in [-0.2, -0.15) is 0 Å². The van der Waals surface area contributed by atoms with Crippen molar-refractivity contribution in [2.45, 2.75) is 12.8 Å². The molecule has 0 saturated heterocycles. The van der Waals surface area contributed by atoms with Crippen LogP contribution < -0.4 is 10.6 Å². The fourth-order valence-corrected chi connectivity index (χ4v) is 2.74. The molecule has 1 saturated carbocycles. The van der Waals surface area contributed by atoms with E-state index in [4.69, 9.17) is 0 Å². The second-order valence-electron chi connectivity index (χ2n) is 6.44. The zero-order chi connectivity index (χ0) is 17.9. The zero-order valence-electron chi connectivity index (χ0n) is 14.2. The normalized spacial score (nSPS) is 13.2. The van der Waals surface area contributed by atoms with Crippen LogP contribution >= 0.6 is 0 Å². The second-order valence-corrected chi connectivity index (χ2v) is 6.44. The molecule has 130 valence electrons. The van der Waals surface area contributed by atoms with Crippen LogP contribution in [-0.4, -0.2) is 16.4 Å². The van der Waals surface area contributed by atoms with Gasteiger partial charge in [0, 0.05) is 40.9 Å². The van der Waals surface area contributed by atoms with Gasteiger partial charge in [0.2, 0.25) is 5.91 Å². The van der Waals surface area contributed by atoms with Gasteiger partial charge in [0.25, 0.3) is 5.91 Å². The summed E-state index contributed by atoms with van der Waals surface area (Å²) in [6.07, 6.45) is 5.82. The first-order valence-corrected chi connectivity index (χ1v) is 8.65. The van der Waals surface area contributed by atoms with E-state index in [1.807, 2.05) is 47.3 Å². The SMILES string of the molecule is O=C(Nc1ccc(NC(=O)C2CC2)cc1)c1cccc(-n2cccc2)c1. The molecule has 1 heterocycles. The number of amides is 2. The van der Waals surface area contributed by atoms with Gasteiger partial charge in [-0.25, -0.2) is 0 Å². The highest BCUT2D eigenvalue weighted by molar-refractivity contribution is 6.04. The first-order valence-electron chi connectivity index (χ1n) is 8.65. The first-order chi connectivity index (χ1) is 12.7. The lowest BCUT2D eigenvalue weighted by Crippen LogP contribution is -2.14. The van der Waals surface area contributed by atoms with Crippen molar-refractivity contribution in [2.24, 2.45) is 5.92 Å². The summed E-state index contributed by atoms with van der Waals surface area (Å²) in [5, 5.41) is 5.77. The van der Waals surface area contributed by atoms with Gasteiger partial charge < -0.3 is 15.2 Å². The van der Waals surface area contributed by atoms with Gasteiger partial charge in [-0.3, -0.25) is 9.59 Å². The van der Waals surface area contributed by atoms with Crippen LogP contribution in [0.3, 0.4) is 0 Å². The highest BCUT2D eigenvalue weighted by atomic mass is 16.2. The summed E-state index contributed by atoms with van der Waals surface area (Å²) in [7, 11) is 0. The number of aromatic nitrogens is 1. The Labute approximate surface area is 151 Å². The Hall–Kier alpha value is -3.34. The van der Waals surface area contributed by atoms with Crippen LogP contribution in [0.2, 0.25) is 0 Å². The topological polar surface area (TPSA) is 63.1 Å². The van der Waals surface area contributed by atoms with Crippen molar-refractivity contribution in [3.8, 4) is 5.69 Å². The highest BCUT2D eigenvalue weighted by Crippen LogP contribution is 2.30. The van der Waals surface area contributed by atoms with Crippen LogP contribution in [0, 0.1) is 5.92 Å². The van der Waals surface area contributed by atoms with Crippen LogP contribution in [0.15, 0.2) is 73.1 Å². The molecule has 5 heteroatoms. The number of hydrogen-bond acceptors (Lipinski definition) is 2. The molecule has 2 N–H and O–H groups in total. The number of anilines is 2. The third-order valence-electron chi connectivity index (χ3n) is 4.37. The van der Waals surface area contributed by atoms with E-state index < -0.39 is 0 Å². The second kappa shape index (κ2) is 6.88. The third kappa shape index (κ3) is 3.67. The standard InChI is InChI=1S/C21H19N3O2/c25-20(15-6-7-15)22-17-8-10-18(11-9-17)23-21(26)16-4-3-5-19(14-16)24-12-1-2-13-24/h1-5,8-15H,6-7H2,(H,22,25)(H,23,26). The van der Waals surface area contributed by atoms with E-state index in [1.165, 1.54) is 0 Å². The Morgan fingerprint density at radius 3 is 2.15 bits per heavy atom. The molecule has 1 fully saturated rings. The molecule has 0 spiro atoms. The monoisotopic (exact) mass is 345 g/mol. The Balaban J connectivity index is 1.43. The number of rotatable bonds is 5. The molecule has 1 aromatic heterocycles. The largest absolute Gasteiger partial charge is 0.326 e. The molecule has 1 aliphatic rings. The van der Waals surface area contributed by atoms with E-state index in [-0.39, 0.29) is 17.7 Å². The number of carbonyl (C=O) groups is 2. The van der Waals surface area contributed by atoms with Gasteiger partial charge in [-0.15, -0.1) is 0 Å². The molecular formula is C21H19N3O2. The van der Waals surface area contributed by atoms with Crippen molar-refractivity contribution in [2.75, 3.05) is 10.6 Å². The van der Waals surface area contributed by atoms with Crippen molar-refractivity contribution >= 4 is 23.2 Å². The summed E-state index contributed by atoms with van der Waals surface area (Å²) in [5.41, 5.74) is 2.95. The van der Waals surface area contributed by atoms with Crippen LogP contribution in [0.25, 0.3) is 5.69 Å². The molecule has 4 rings (SSSR count). The van der Waals surface area contributed by atoms with Gasteiger partial charge >= 0.3 is 0 Å². The average molecular weight is 345 g/mol. The first kappa shape index (κ1) is 16.1. The molecule has 2 amide bonds. The molecule has 0 bridgehead atoms. The molecular weight excluding hydrogens is 326 g/mol. The molecule has 0 radical (unpaired) electrons. The smallest absolute Gasteiger partial charge is 0.255 e. The van der Waals surface area contributed by atoms with Crippen molar-refractivity contribution < 1.29 is 9.59 Å². The summed E-state index contributed by atoms with van der Waals surface area (Å²) in [5.74, 6) is 0.0688. The van der Waals surface area contributed by atoms with Gasteiger partial charge in [-0.1, -0.05) is 6.07 Å². The maximum Gasteiger partial charge on any atom is 0.255 e. The zero-order valence-corrected chi connectivity index (χ0v) is 14.2. The summed E-state index contributed by atoms with van der Waals surface area (Å²) < 4.78 is 1.95. The van der Waals surface area contributed by atoms with Gasteiger partial charge in [0.05, 0.1) is 0 Å². The Morgan fingerprint density at radius 2 is 1.50 bits per heavy atom. The molecule has 1 aliphatic carbocycles. The third-order valence-corrected chi connectivity index (χ3v) is 4.37. The van der Waals surface area contributed by atoms with Gasteiger partial charge in [0.15, 0.2) is 0 Å². The lowest BCUT2D eigenvalue weighted by atomic mass is 10.1. The molecule has 5 nitrogen and oxygen atoms in total. The minimum Gasteiger partial charge on any atom is -0.326 e. The molecule has 0 atom stereocenters. The van der Waals surface area contributed by atoms with Crippen LogP contribution in [0.5, 0.6) is 0 Å². The summed E-state index contributed by atoms with van der Waals surface area (Å²) in [6.45, 7) is 0. The lowest BCUT2D eigenvalue weighted by molar-refractivity contribution is -0.117. The van der Waals surface area contributed by atoms with Crippen molar-refractivity contribution in [1.82, 2.24) is 4.57 Å². The summed E-state index contributed by atoms with van der Waals surface area (Å²) in [4.78, 5) is 24.3. The van der Waals surface area contributed by atoms with E-state index in [0.717, 1.165) is 24.2 Å². The Morgan fingerprint density at radius 1 is 0.846 bits per heavy atom. The van der Waals surface area contributed by atoms with Crippen molar-refractivity contribution in [1.29, 1.82) is 0 Å². The molecule has 0 aliphatic heterocycles. The van der Waals surface area contributed by atoms with E-state index in [2.05, 4.69) is 10.6 Å². The van der Waals surface area contributed by atoms with E-state index in [9.17, 15) is 9.59 Å². The van der Waals surface area contributed by atoms with Crippen LogP contribution in [-0.2, 0) is 4.79 Å². The maximum absolute atomic E-state index is 12.5. The molecule has 2 aromatic carbocycles. The van der Waals surface area contributed by atoms with E-state index in [0.29, 0.717) is 11.3 Å². The van der Waals surface area contributed by atoms with Crippen molar-refractivity contribution in [3.05, 3.63) is 78.6 Å².